The van der Waals surface area contributed by atoms with E-state index in [-0.39, 0.29) is 6.04 Å². The molecule has 0 radical (unpaired) electrons. The summed E-state index contributed by atoms with van der Waals surface area (Å²) >= 11 is 0. The van der Waals surface area contributed by atoms with Crippen LogP contribution in [-0.4, -0.2) is 34.5 Å². The summed E-state index contributed by atoms with van der Waals surface area (Å²) in [6.07, 6.45) is 5.36. The van der Waals surface area contributed by atoms with Crippen LogP contribution in [0.3, 0.4) is 0 Å². The van der Waals surface area contributed by atoms with Gasteiger partial charge in [-0.2, -0.15) is 0 Å². The van der Waals surface area contributed by atoms with Gasteiger partial charge in [0.2, 0.25) is 0 Å². The van der Waals surface area contributed by atoms with Crippen molar-refractivity contribution in [1.29, 1.82) is 0 Å². The van der Waals surface area contributed by atoms with Crippen LogP contribution in [0.5, 0.6) is 11.5 Å². The van der Waals surface area contributed by atoms with E-state index in [9.17, 15) is 0 Å². The molecule has 1 aromatic carbocycles. The number of nitrogens with one attached hydrogen (secondary N) is 1. The lowest BCUT2D eigenvalue weighted by Gasteiger charge is -2.25. The summed E-state index contributed by atoms with van der Waals surface area (Å²) in [5.41, 5.74) is 1.15. The average molecular weight is 293 g/mol. The van der Waals surface area contributed by atoms with Crippen molar-refractivity contribution < 1.29 is 14.2 Å². The van der Waals surface area contributed by atoms with Gasteiger partial charge in [-0.05, 0) is 37.1 Å². The average Bonchev–Trinajstić information content (AvgIpc) is 2.48. The molecule has 4 heteroatoms. The molecule has 0 aliphatic heterocycles. The summed E-state index contributed by atoms with van der Waals surface area (Å²) in [5, 5.41) is 3.30. The third-order valence-corrected chi connectivity index (χ3v) is 4.34. The van der Waals surface area contributed by atoms with Gasteiger partial charge in [-0.3, -0.25) is 0 Å². The molecule has 2 rings (SSSR count). The van der Waals surface area contributed by atoms with E-state index in [4.69, 9.17) is 14.2 Å². The van der Waals surface area contributed by atoms with Gasteiger partial charge in [-0.15, -0.1) is 0 Å². The Balaban J connectivity index is 1.86. The van der Waals surface area contributed by atoms with Crippen molar-refractivity contribution in [3.05, 3.63) is 23.8 Å². The van der Waals surface area contributed by atoms with Crippen LogP contribution in [0, 0.1) is 5.92 Å². The molecule has 1 N–H and O–H groups in total. The largest absolute Gasteiger partial charge is 0.493 e. The predicted octanol–water partition coefficient (Wildman–Crippen LogP) is 3.17. The Morgan fingerprint density at radius 1 is 1.19 bits per heavy atom. The van der Waals surface area contributed by atoms with Crippen LogP contribution in [-0.2, 0) is 4.74 Å². The first-order valence-corrected chi connectivity index (χ1v) is 7.75. The smallest absolute Gasteiger partial charge is 0.161 e. The molecule has 1 atom stereocenters. The Morgan fingerprint density at radius 3 is 2.52 bits per heavy atom. The highest BCUT2D eigenvalue weighted by Crippen LogP contribution is 2.31. The van der Waals surface area contributed by atoms with E-state index in [0.29, 0.717) is 6.61 Å². The fraction of sp³-hybridized carbons (Fsp3) is 0.647. The van der Waals surface area contributed by atoms with Crippen LogP contribution in [0.25, 0.3) is 0 Å². The highest BCUT2D eigenvalue weighted by atomic mass is 16.5. The SMILES string of the molecule is CNC(COCCC1CCC1)c1ccc(OC)c(OC)c1. The second kappa shape index (κ2) is 8.25. The summed E-state index contributed by atoms with van der Waals surface area (Å²) in [7, 11) is 5.26. The Morgan fingerprint density at radius 2 is 1.95 bits per heavy atom. The van der Waals surface area contributed by atoms with E-state index in [2.05, 4.69) is 11.4 Å². The van der Waals surface area contributed by atoms with E-state index in [1.165, 1.54) is 25.7 Å². The van der Waals surface area contributed by atoms with Crippen molar-refractivity contribution in [2.45, 2.75) is 31.7 Å². The number of ether oxygens (including phenoxy) is 3. The Bertz CT molecular complexity index is 432. The molecule has 21 heavy (non-hydrogen) atoms. The minimum Gasteiger partial charge on any atom is -0.493 e. The third kappa shape index (κ3) is 4.35. The fourth-order valence-electron chi connectivity index (χ4n) is 2.65. The quantitative estimate of drug-likeness (QED) is 0.710. The van der Waals surface area contributed by atoms with Gasteiger partial charge in [-0.1, -0.05) is 25.3 Å². The predicted molar refractivity (Wildman–Crippen MR) is 84.1 cm³/mol. The number of hydrogen-bond donors (Lipinski definition) is 1. The minimum absolute atomic E-state index is 0.172. The maximum atomic E-state index is 5.84. The fourth-order valence-corrected chi connectivity index (χ4v) is 2.65. The van der Waals surface area contributed by atoms with Crippen molar-refractivity contribution in [1.82, 2.24) is 5.32 Å². The van der Waals surface area contributed by atoms with Gasteiger partial charge in [-0.25, -0.2) is 0 Å². The first-order valence-electron chi connectivity index (χ1n) is 7.75. The van der Waals surface area contributed by atoms with Crippen LogP contribution in [0.15, 0.2) is 18.2 Å². The second-order valence-corrected chi connectivity index (χ2v) is 5.62. The van der Waals surface area contributed by atoms with Crippen molar-refractivity contribution >= 4 is 0 Å². The highest BCUT2D eigenvalue weighted by Gasteiger charge is 2.17. The zero-order valence-corrected chi connectivity index (χ0v) is 13.4. The van der Waals surface area contributed by atoms with E-state index in [0.717, 1.165) is 29.6 Å². The molecular weight excluding hydrogens is 266 g/mol. The Labute approximate surface area is 127 Å². The Kier molecular flexibility index (Phi) is 6.33. The molecule has 1 saturated carbocycles. The van der Waals surface area contributed by atoms with Gasteiger partial charge >= 0.3 is 0 Å². The van der Waals surface area contributed by atoms with Gasteiger partial charge in [0, 0.05) is 6.61 Å². The van der Waals surface area contributed by atoms with Crippen molar-refractivity contribution in [3.8, 4) is 11.5 Å². The lowest BCUT2D eigenvalue weighted by Crippen LogP contribution is -2.23. The normalized spacial score (nSPS) is 16.3. The molecular formula is C17H27NO3. The molecule has 4 nitrogen and oxygen atoms in total. The number of rotatable bonds is 9. The molecule has 0 bridgehead atoms. The lowest BCUT2D eigenvalue weighted by molar-refractivity contribution is 0.0903. The molecule has 0 spiro atoms. The summed E-state index contributed by atoms with van der Waals surface area (Å²) in [5.74, 6) is 2.41. The van der Waals surface area contributed by atoms with E-state index >= 15 is 0 Å². The third-order valence-electron chi connectivity index (χ3n) is 4.34. The van der Waals surface area contributed by atoms with Crippen LogP contribution < -0.4 is 14.8 Å². The van der Waals surface area contributed by atoms with Crippen molar-refractivity contribution in [3.63, 3.8) is 0 Å². The number of likely N-dealkylation sites (N-methyl/N-ethyl adjacent to an activating group) is 1. The molecule has 1 aromatic rings. The molecule has 1 unspecified atom stereocenters. The monoisotopic (exact) mass is 293 g/mol. The van der Waals surface area contributed by atoms with Crippen LogP contribution in [0.1, 0.15) is 37.3 Å². The maximum absolute atomic E-state index is 5.84. The molecule has 1 aliphatic rings. The number of hydrogen-bond acceptors (Lipinski definition) is 4. The summed E-state index contributed by atoms with van der Waals surface area (Å²) in [6, 6.07) is 6.17. The zero-order valence-electron chi connectivity index (χ0n) is 13.4. The molecule has 118 valence electrons. The topological polar surface area (TPSA) is 39.7 Å². The summed E-state index contributed by atoms with van der Waals surface area (Å²) in [4.78, 5) is 0. The molecule has 0 aromatic heterocycles. The standard InChI is InChI=1S/C17H27NO3/c1-18-15(12-21-10-9-13-5-4-6-13)14-7-8-16(19-2)17(11-14)20-3/h7-8,11,13,15,18H,4-6,9-10,12H2,1-3H3. The van der Waals surface area contributed by atoms with Gasteiger partial charge in [0.1, 0.15) is 0 Å². The second-order valence-electron chi connectivity index (χ2n) is 5.62. The summed E-state index contributed by atoms with van der Waals surface area (Å²) < 4.78 is 16.5. The molecule has 0 amide bonds. The van der Waals surface area contributed by atoms with E-state index in [1.807, 2.05) is 19.2 Å². The molecule has 0 heterocycles. The first-order chi connectivity index (χ1) is 10.3. The Hall–Kier alpha value is -1.26. The van der Waals surface area contributed by atoms with Crippen LogP contribution in [0.2, 0.25) is 0 Å². The van der Waals surface area contributed by atoms with E-state index < -0.39 is 0 Å². The summed E-state index contributed by atoms with van der Waals surface area (Å²) in [6.45, 7) is 1.54. The van der Waals surface area contributed by atoms with Crippen molar-refractivity contribution in [2.24, 2.45) is 5.92 Å². The zero-order chi connectivity index (χ0) is 15.1. The van der Waals surface area contributed by atoms with Crippen LogP contribution >= 0.6 is 0 Å². The lowest BCUT2D eigenvalue weighted by atomic mass is 9.83. The molecule has 0 saturated heterocycles. The van der Waals surface area contributed by atoms with Gasteiger partial charge in [0.15, 0.2) is 11.5 Å². The van der Waals surface area contributed by atoms with Gasteiger partial charge in [0.05, 0.1) is 26.9 Å². The minimum atomic E-state index is 0.172. The van der Waals surface area contributed by atoms with Gasteiger partial charge < -0.3 is 19.5 Å². The van der Waals surface area contributed by atoms with Gasteiger partial charge in [0.25, 0.3) is 0 Å². The highest BCUT2D eigenvalue weighted by molar-refractivity contribution is 5.43. The maximum Gasteiger partial charge on any atom is 0.161 e. The van der Waals surface area contributed by atoms with E-state index in [1.54, 1.807) is 14.2 Å². The first kappa shape index (κ1) is 16.1. The van der Waals surface area contributed by atoms with Crippen LogP contribution in [0.4, 0.5) is 0 Å². The van der Waals surface area contributed by atoms with Crippen molar-refractivity contribution in [2.75, 3.05) is 34.5 Å². The molecule has 1 aliphatic carbocycles. The molecule has 1 fully saturated rings. The number of benzene rings is 1. The number of methoxy groups -OCH3 is 2.